The fourth-order valence-electron chi connectivity index (χ4n) is 0.958. The van der Waals surface area contributed by atoms with Gasteiger partial charge in [0.15, 0.2) is 0 Å². The summed E-state index contributed by atoms with van der Waals surface area (Å²) in [4.78, 5) is 4.05. The number of fused-ring (bicyclic) bond motifs is 1. The molecule has 0 fully saturated rings. The van der Waals surface area contributed by atoms with Crippen LogP contribution in [0.2, 0.25) is 0 Å². The first-order valence-electron chi connectivity index (χ1n) is 3.05. The number of rotatable bonds is 0. The fraction of sp³-hybridized carbons (Fsp3) is 0. The second kappa shape index (κ2) is 2.44. The maximum absolute atomic E-state index is 12.7. The van der Waals surface area contributed by atoms with Crippen LogP contribution in [0.15, 0.2) is 24.7 Å². The Bertz CT molecular complexity index is 396. The molecule has 2 heterocycles. The van der Waals surface area contributed by atoms with Gasteiger partial charge in [-0.05, 0) is 28.7 Å². The first kappa shape index (κ1) is 7.02. The Kier molecular flexibility index (Phi) is 1.56. The molecule has 4 heteroatoms. The van der Waals surface area contributed by atoms with Crippen LogP contribution in [0.4, 0.5) is 4.39 Å². The van der Waals surface area contributed by atoms with Crippen molar-refractivity contribution in [1.29, 1.82) is 0 Å². The average molecular weight is 262 g/mol. The van der Waals surface area contributed by atoms with Crippen LogP contribution in [-0.2, 0) is 0 Å². The predicted octanol–water partition coefficient (Wildman–Crippen LogP) is 2.08. The molecule has 0 saturated carbocycles. The van der Waals surface area contributed by atoms with Crippen LogP contribution in [0.5, 0.6) is 0 Å². The van der Waals surface area contributed by atoms with Gasteiger partial charge < -0.3 is 4.40 Å². The van der Waals surface area contributed by atoms with Crippen LogP contribution in [-0.4, -0.2) is 9.38 Å². The molecule has 0 aromatic carbocycles. The summed E-state index contributed by atoms with van der Waals surface area (Å²) in [5, 5.41) is 0. The molecular formula is C7H4FIN2. The minimum Gasteiger partial charge on any atom is -0.303 e. The molecule has 56 valence electrons. The quantitative estimate of drug-likeness (QED) is 0.664. The smallest absolute Gasteiger partial charge is 0.150 e. The normalized spacial score (nSPS) is 10.7. The molecular weight excluding hydrogens is 258 g/mol. The first-order chi connectivity index (χ1) is 5.27. The average Bonchev–Trinajstić information content (AvgIpc) is 2.34. The molecule has 0 saturated heterocycles. The Balaban J connectivity index is 2.91. The van der Waals surface area contributed by atoms with Crippen molar-refractivity contribution in [3.05, 3.63) is 34.0 Å². The fourth-order valence-corrected chi connectivity index (χ4v) is 1.67. The molecule has 11 heavy (non-hydrogen) atoms. The van der Waals surface area contributed by atoms with Gasteiger partial charge in [-0.3, -0.25) is 0 Å². The van der Waals surface area contributed by atoms with E-state index in [1.54, 1.807) is 16.8 Å². The van der Waals surface area contributed by atoms with Gasteiger partial charge in [0.1, 0.15) is 11.5 Å². The maximum atomic E-state index is 12.7. The highest BCUT2D eigenvalue weighted by Crippen LogP contribution is 2.12. The summed E-state index contributed by atoms with van der Waals surface area (Å²) in [6, 6.07) is 1.46. The van der Waals surface area contributed by atoms with Crippen molar-refractivity contribution in [3.63, 3.8) is 0 Å². The van der Waals surface area contributed by atoms with Crippen LogP contribution >= 0.6 is 22.6 Å². The molecule has 0 unspecified atom stereocenters. The third-order valence-electron chi connectivity index (χ3n) is 1.41. The van der Waals surface area contributed by atoms with Gasteiger partial charge in [0, 0.05) is 18.6 Å². The number of aromatic nitrogens is 2. The van der Waals surface area contributed by atoms with Crippen molar-refractivity contribution >= 4 is 28.2 Å². The predicted molar refractivity (Wildman–Crippen MR) is 47.9 cm³/mol. The van der Waals surface area contributed by atoms with Crippen molar-refractivity contribution in [2.45, 2.75) is 0 Å². The van der Waals surface area contributed by atoms with Crippen LogP contribution < -0.4 is 0 Å². The van der Waals surface area contributed by atoms with Crippen molar-refractivity contribution in [2.75, 3.05) is 0 Å². The van der Waals surface area contributed by atoms with E-state index in [0.29, 0.717) is 0 Å². The lowest BCUT2D eigenvalue weighted by molar-refractivity contribution is 0.618. The molecule has 0 bridgehead atoms. The summed E-state index contributed by atoms with van der Waals surface area (Å²) in [6.07, 6.45) is 4.78. The summed E-state index contributed by atoms with van der Waals surface area (Å²) >= 11 is 2.06. The lowest BCUT2D eigenvalue weighted by Crippen LogP contribution is -1.88. The SMILES string of the molecule is Fc1cc(I)c2nccn2c1. The van der Waals surface area contributed by atoms with Gasteiger partial charge in [-0.15, -0.1) is 0 Å². The van der Waals surface area contributed by atoms with E-state index in [9.17, 15) is 4.39 Å². The lowest BCUT2D eigenvalue weighted by atomic mass is 10.5. The maximum Gasteiger partial charge on any atom is 0.150 e. The third-order valence-corrected chi connectivity index (χ3v) is 2.20. The van der Waals surface area contributed by atoms with Crippen molar-refractivity contribution < 1.29 is 4.39 Å². The minimum atomic E-state index is -0.236. The van der Waals surface area contributed by atoms with Crippen molar-refractivity contribution in [2.24, 2.45) is 0 Å². The van der Waals surface area contributed by atoms with Crippen molar-refractivity contribution in [1.82, 2.24) is 9.38 Å². The first-order valence-corrected chi connectivity index (χ1v) is 4.13. The molecule has 0 aliphatic carbocycles. The third kappa shape index (κ3) is 1.11. The van der Waals surface area contributed by atoms with E-state index in [1.165, 1.54) is 12.3 Å². The highest BCUT2D eigenvalue weighted by Gasteiger charge is 2.00. The van der Waals surface area contributed by atoms with Gasteiger partial charge in [-0.25, -0.2) is 9.37 Å². The zero-order valence-corrected chi connectivity index (χ0v) is 7.62. The van der Waals surface area contributed by atoms with Gasteiger partial charge in [0.05, 0.1) is 3.57 Å². The highest BCUT2D eigenvalue weighted by atomic mass is 127. The summed E-state index contributed by atoms with van der Waals surface area (Å²) in [7, 11) is 0. The van der Waals surface area contributed by atoms with Crippen molar-refractivity contribution in [3.8, 4) is 0 Å². The summed E-state index contributed by atoms with van der Waals surface area (Å²) in [5.74, 6) is -0.236. The zero-order chi connectivity index (χ0) is 7.84. The zero-order valence-electron chi connectivity index (χ0n) is 5.46. The molecule has 0 amide bonds. The molecule has 0 spiro atoms. The van der Waals surface area contributed by atoms with E-state index in [-0.39, 0.29) is 5.82 Å². The van der Waals surface area contributed by atoms with Crippen LogP contribution in [0.1, 0.15) is 0 Å². The molecule has 2 rings (SSSR count). The summed E-state index contributed by atoms with van der Waals surface area (Å²) < 4.78 is 15.2. The lowest BCUT2D eigenvalue weighted by Gasteiger charge is -1.95. The van der Waals surface area contributed by atoms with Gasteiger partial charge in [-0.2, -0.15) is 0 Å². The van der Waals surface area contributed by atoms with Crippen LogP contribution in [0.3, 0.4) is 0 Å². The van der Waals surface area contributed by atoms with E-state index in [1.807, 2.05) is 0 Å². The second-order valence-corrected chi connectivity index (χ2v) is 3.33. The van der Waals surface area contributed by atoms with E-state index in [4.69, 9.17) is 0 Å². The van der Waals surface area contributed by atoms with Crippen LogP contribution in [0.25, 0.3) is 5.65 Å². The molecule has 0 aliphatic heterocycles. The Hall–Kier alpha value is -0.650. The van der Waals surface area contributed by atoms with Gasteiger partial charge in [-0.1, -0.05) is 0 Å². The van der Waals surface area contributed by atoms with Crippen LogP contribution in [0, 0.1) is 9.39 Å². The molecule has 2 aromatic heterocycles. The largest absolute Gasteiger partial charge is 0.303 e. The number of imidazole rings is 1. The molecule has 0 radical (unpaired) electrons. The number of pyridine rings is 1. The second-order valence-electron chi connectivity index (χ2n) is 2.16. The number of hydrogen-bond donors (Lipinski definition) is 0. The topological polar surface area (TPSA) is 17.3 Å². The number of nitrogens with zero attached hydrogens (tertiary/aromatic N) is 2. The minimum absolute atomic E-state index is 0.236. The highest BCUT2D eigenvalue weighted by molar-refractivity contribution is 14.1. The molecule has 0 N–H and O–H groups in total. The van der Waals surface area contributed by atoms with Gasteiger partial charge in [0.25, 0.3) is 0 Å². The Morgan fingerprint density at radius 2 is 2.36 bits per heavy atom. The van der Waals surface area contributed by atoms with E-state index in [2.05, 4.69) is 27.6 Å². The standard InChI is InChI=1S/C7H4FIN2/c8-5-3-6(9)7-10-1-2-11(7)4-5/h1-4H. The van der Waals surface area contributed by atoms with Gasteiger partial charge in [0.2, 0.25) is 0 Å². The Labute approximate surface area is 76.2 Å². The molecule has 2 nitrogen and oxygen atoms in total. The van der Waals surface area contributed by atoms with Gasteiger partial charge >= 0.3 is 0 Å². The van der Waals surface area contributed by atoms with E-state index < -0.39 is 0 Å². The molecule has 0 aliphatic rings. The Morgan fingerprint density at radius 3 is 3.18 bits per heavy atom. The molecule has 0 atom stereocenters. The van der Waals surface area contributed by atoms with E-state index in [0.717, 1.165) is 9.22 Å². The molecule has 2 aromatic rings. The number of halogens is 2. The monoisotopic (exact) mass is 262 g/mol. The summed E-state index contributed by atoms with van der Waals surface area (Å²) in [6.45, 7) is 0. The Morgan fingerprint density at radius 1 is 1.55 bits per heavy atom. The summed E-state index contributed by atoms with van der Waals surface area (Å²) in [5.41, 5.74) is 0.798. The van der Waals surface area contributed by atoms with E-state index >= 15 is 0 Å². The number of hydrogen-bond acceptors (Lipinski definition) is 1.